The predicted octanol–water partition coefficient (Wildman–Crippen LogP) is 2.17. The van der Waals surface area contributed by atoms with Gasteiger partial charge in [-0.1, -0.05) is 12.1 Å². The summed E-state index contributed by atoms with van der Waals surface area (Å²) in [7, 11) is 1.55. The Bertz CT molecular complexity index is 152. The number of oxime groups is 1. The van der Waals surface area contributed by atoms with E-state index in [0.29, 0.717) is 0 Å². The van der Waals surface area contributed by atoms with Gasteiger partial charge in [0, 0.05) is 0 Å². The monoisotopic (exact) mass is 161 g/mol. The second-order valence-corrected chi connectivity index (χ2v) is 3.26. The molecular weight excluding hydrogens is 150 g/mol. The number of hydrogen-bond donors (Lipinski definition) is 0. The van der Waals surface area contributed by atoms with Gasteiger partial charge in [-0.05, 0) is 19.3 Å². The summed E-state index contributed by atoms with van der Waals surface area (Å²) in [5.41, 5.74) is 0.983. The molecule has 3 heteroatoms. The number of rotatable bonds is 3. The van der Waals surface area contributed by atoms with Crippen LogP contribution in [0, 0.1) is 0 Å². The zero-order valence-corrected chi connectivity index (χ0v) is 7.11. The van der Waals surface area contributed by atoms with Gasteiger partial charge in [0.15, 0.2) is 0 Å². The topological polar surface area (TPSA) is 21.6 Å². The average Bonchev–Trinajstić information content (AvgIpc) is 2.64. The molecule has 0 saturated heterocycles. The summed E-state index contributed by atoms with van der Waals surface area (Å²) in [6.07, 6.45) is 2.98. The van der Waals surface area contributed by atoms with Crippen LogP contribution in [0.4, 0.5) is 0 Å². The lowest BCUT2D eigenvalue weighted by Gasteiger charge is -2.05. The molecule has 2 nitrogen and oxygen atoms in total. The molecule has 0 atom stereocenters. The minimum absolute atomic E-state index is 0.134. The number of hydrogen-bond acceptors (Lipinski definition) is 2. The van der Waals surface area contributed by atoms with Gasteiger partial charge in [-0.25, -0.2) is 0 Å². The first kappa shape index (κ1) is 7.86. The molecule has 0 aromatic rings. The zero-order chi connectivity index (χ0) is 7.61. The van der Waals surface area contributed by atoms with Crippen LogP contribution < -0.4 is 0 Å². The van der Waals surface area contributed by atoms with E-state index in [1.54, 1.807) is 7.11 Å². The summed E-state index contributed by atoms with van der Waals surface area (Å²) >= 11 is 6.08. The van der Waals surface area contributed by atoms with Crippen molar-refractivity contribution in [2.75, 3.05) is 7.11 Å². The van der Waals surface area contributed by atoms with Crippen LogP contribution in [0.3, 0.4) is 0 Å². The second-order valence-electron chi connectivity index (χ2n) is 2.54. The Morgan fingerprint density at radius 3 is 2.60 bits per heavy atom. The van der Waals surface area contributed by atoms with E-state index < -0.39 is 0 Å². The fraction of sp³-hybridized carbons (Fsp3) is 0.857. The van der Waals surface area contributed by atoms with Gasteiger partial charge in [-0.3, -0.25) is 0 Å². The maximum atomic E-state index is 6.08. The fourth-order valence-corrected chi connectivity index (χ4v) is 1.23. The minimum atomic E-state index is -0.134. The maximum Gasteiger partial charge on any atom is 0.106 e. The third-order valence-corrected chi connectivity index (χ3v) is 2.34. The Morgan fingerprint density at radius 1 is 1.70 bits per heavy atom. The van der Waals surface area contributed by atoms with Crippen LogP contribution in [-0.2, 0) is 4.84 Å². The highest BCUT2D eigenvalue weighted by Gasteiger charge is 2.45. The summed E-state index contributed by atoms with van der Waals surface area (Å²) in [5, 5.41) is 3.86. The summed E-state index contributed by atoms with van der Waals surface area (Å²) in [6.45, 7) is 2.04. The van der Waals surface area contributed by atoms with Gasteiger partial charge in [0.25, 0.3) is 0 Å². The number of nitrogens with zero attached hydrogens (tertiary/aromatic N) is 1. The summed E-state index contributed by atoms with van der Waals surface area (Å²) in [4.78, 5) is 4.53. The van der Waals surface area contributed by atoms with Crippen molar-refractivity contribution in [3.05, 3.63) is 0 Å². The van der Waals surface area contributed by atoms with Crippen molar-refractivity contribution in [2.45, 2.75) is 31.1 Å². The van der Waals surface area contributed by atoms with Crippen molar-refractivity contribution >= 4 is 17.3 Å². The minimum Gasteiger partial charge on any atom is -0.399 e. The van der Waals surface area contributed by atoms with E-state index in [2.05, 4.69) is 9.99 Å². The lowest BCUT2D eigenvalue weighted by Crippen LogP contribution is -2.14. The molecule has 0 bridgehead atoms. The standard InChI is InChI=1S/C7H12ClNO/c1-3-6(9-10-2)7(8)4-5-7/h3-5H2,1-2H3. The van der Waals surface area contributed by atoms with E-state index in [1.165, 1.54) is 0 Å². The number of alkyl halides is 1. The molecule has 1 aliphatic rings. The van der Waals surface area contributed by atoms with Crippen LogP contribution in [0.25, 0.3) is 0 Å². The molecule has 0 aliphatic heterocycles. The van der Waals surface area contributed by atoms with Gasteiger partial charge in [0.05, 0.1) is 10.6 Å². The molecule has 0 spiro atoms. The molecule has 1 saturated carbocycles. The molecule has 0 amide bonds. The van der Waals surface area contributed by atoms with Gasteiger partial charge in [0.2, 0.25) is 0 Å². The van der Waals surface area contributed by atoms with E-state index in [1.807, 2.05) is 6.92 Å². The fourth-order valence-electron chi connectivity index (χ4n) is 0.972. The van der Waals surface area contributed by atoms with E-state index in [0.717, 1.165) is 25.0 Å². The van der Waals surface area contributed by atoms with Crippen LogP contribution >= 0.6 is 11.6 Å². The highest BCUT2D eigenvalue weighted by Crippen LogP contribution is 2.44. The third-order valence-electron chi connectivity index (χ3n) is 1.74. The Hall–Kier alpha value is -0.240. The highest BCUT2D eigenvalue weighted by molar-refractivity contribution is 6.38. The SMILES string of the molecule is CCC(=NOC)C1(Cl)CC1. The molecule has 0 aromatic carbocycles. The molecule has 1 rings (SSSR count). The summed E-state index contributed by atoms with van der Waals surface area (Å²) < 4.78 is 0. The zero-order valence-electron chi connectivity index (χ0n) is 6.35. The van der Waals surface area contributed by atoms with E-state index >= 15 is 0 Å². The average molecular weight is 162 g/mol. The van der Waals surface area contributed by atoms with Crippen molar-refractivity contribution in [3.63, 3.8) is 0 Å². The van der Waals surface area contributed by atoms with Crippen molar-refractivity contribution in [1.82, 2.24) is 0 Å². The molecule has 0 aromatic heterocycles. The summed E-state index contributed by atoms with van der Waals surface area (Å²) in [5.74, 6) is 0. The maximum absolute atomic E-state index is 6.08. The highest BCUT2D eigenvalue weighted by atomic mass is 35.5. The van der Waals surface area contributed by atoms with Gasteiger partial charge >= 0.3 is 0 Å². The molecule has 0 radical (unpaired) electrons. The van der Waals surface area contributed by atoms with Crippen molar-refractivity contribution in [1.29, 1.82) is 0 Å². The van der Waals surface area contributed by atoms with Gasteiger partial charge in [-0.15, -0.1) is 11.6 Å². The van der Waals surface area contributed by atoms with Gasteiger partial charge in [0.1, 0.15) is 7.11 Å². The molecule has 0 N–H and O–H groups in total. The molecule has 58 valence electrons. The Kier molecular flexibility index (Phi) is 2.19. The molecule has 0 heterocycles. The Morgan fingerprint density at radius 2 is 2.30 bits per heavy atom. The van der Waals surface area contributed by atoms with E-state index in [9.17, 15) is 0 Å². The van der Waals surface area contributed by atoms with Crippen LogP contribution in [-0.4, -0.2) is 17.7 Å². The molecular formula is C7H12ClNO. The largest absolute Gasteiger partial charge is 0.399 e. The van der Waals surface area contributed by atoms with E-state index in [4.69, 9.17) is 11.6 Å². The Balaban J connectivity index is 2.56. The first-order valence-corrected chi connectivity index (χ1v) is 3.90. The Labute approximate surface area is 66.2 Å². The van der Waals surface area contributed by atoms with Crippen LogP contribution in [0.5, 0.6) is 0 Å². The lowest BCUT2D eigenvalue weighted by molar-refractivity contribution is 0.211. The predicted molar refractivity (Wildman–Crippen MR) is 42.6 cm³/mol. The quantitative estimate of drug-likeness (QED) is 0.353. The van der Waals surface area contributed by atoms with Crippen molar-refractivity contribution in [2.24, 2.45) is 5.16 Å². The van der Waals surface area contributed by atoms with Crippen LogP contribution in [0.15, 0.2) is 5.16 Å². The summed E-state index contributed by atoms with van der Waals surface area (Å²) in [6, 6.07) is 0. The molecule has 10 heavy (non-hydrogen) atoms. The van der Waals surface area contributed by atoms with Gasteiger partial charge < -0.3 is 4.84 Å². The van der Waals surface area contributed by atoms with E-state index in [-0.39, 0.29) is 4.87 Å². The molecule has 1 aliphatic carbocycles. The third kappa shape index (κ3) is 1.43. The van der Waals surface area contributed by atoms with Crippen molar-refractivity contribution < 1.29 is 4.84 Å². The molecule has 0 unspecified atom stereocenters. The second kappa shape index (κ2) is 2.79. The first-order valence-electron chi connectivity index (χ1n) is 3.52. The molecule has 1 fully saturated rings. The van der Waals surface area contributed by atoms with Crippen LogP contribution in [0.1, 0.15) is 26.2 Å². The normalized spacial score (nSPS) is 22.5. The smallest absolute Gasteiger partial charge is 0.106 e. The first-order chi connectivity index (χ1) is 4.73. The van der Waals surface area contributed by atoms with Crippen molar-refractivity contribution in [3.8, 4) is 0 Å². The van der Waals surface area contributed by atoms with Crippen LogP contribution in [0.2, 0.25) is 0 Å². The number of halogens is 1. The lowest BCUT2D eigenvalue weighted by atomic mass is 10.2. The van der Waals surface area contributed by atoms with Gasteiger partial charge in [-0.2, -0.15) is 0 Å².